The Hall–Kier alpha value is -2.55. The third-order valence-electron chi connectivity index (χ3n) is 5.34. The van der Waals surface area contributed by atoms with Gasteiger partial charge in [-0.2, -0.15) is 0 Å². The molecule has 4 rings (SSSR count). The zero-order valence-electron chi connectivity index (χ0n) is 16.0. The van der Waals surface area contributed by atoms with E-state index in [1.54, 1.807) is 0 Å². The van der Waals surface area contributed by atoms with E-state index < -0.39 is 0 Å². The molecule has 2 aromatic carbocycles. The third kappa shape index (κ3) is 2.92. The second-order valence-electron chi connectivity index (χ2n) is 7.01. The standard InChI is InChI=1S/C23H27N2O/c1-4-24-12-11-20-22(16-24)25(15-18-9-7-6-8-10-18)21-14-19(26-5-2)13-17(3)23(20)21/h6-10,13-14,16H,4-5,11-12,15H2,1-3H3/q+1. The van der Waals surface area contributed by atoms with E-state index >= 15 is 0 Å². The van der Waals surface area contributed by atoms with Crippen LogP contribution in [0.25, 0.3) is 10.9 Å². The van der Waals surface area contributed by atoms with Crippen molar-refractivity contribution < 1.29 is 9.31 Å². The molecule has 1 aliphatic rings. The number of benzene rings is 2. The number of hydrogen-bond donors (Lipinski definition) is 0. The van der Waals surface area contributed by atoms with Gasteiger partial charge in [-0.3, -0.25) is 0 Å². The Morgan fingerprint density at radius 1 is 1.12 bits per heavy atom. The molecule has 0 atom stereocenters. The van der Waals surface area contributed by atoms with Crippen molar-refractivity contribution in [3.8, 4) is 5.75 Å². The van der Waals surface area contributed by atoms with Crippen LogP contribution in [0.1, 0.15) is 36.2 Å². The SMILES string of the molecule is CCOc1cc(C)c2c3c(n(Cc4ccccc4)c2c1)C=[N+](CC)CC3. The van der Waals surface area contributed by atoms with Crippen LogP contribution in [0, 0.1) is 6.92 Å². The van der Waals surface area contributed by atoms with Gasteiger partial charge < -0.3 is 9.30 Å². The van der Waals surface area contributed by atoms with E-state index in [1.807, 2.05) is 6.92 Å². The molecule has 0 unspecified atom stereocenters. The molecule has 2 heterocycles. The number of likely N-dealkylation sites (N-methyl/N-ethyl adjacent to an activating group) is 1. The van der Waals surface area contributed by atoms with Crippen molar-refractivity contribution in [2.24, 2.45) is 0 Å². The highest BCUT2D eigenvalue weighted by Crippen LogP contribution is 2.34. The molecule has 0 radical (unpaired) electrons. The summed E-state index contributed by atoms with van der Waals surface area (Å²) in [4.78, 5) is 0. The van der Waals surface area contributed by atoms with Crippen LogP contribution >= 0.6 is 0 Å². The summed E-state index contributed by atoms with van der Waals surface area (Å²) in [5.41, 5.74) is 6.77. The van der Waals surface area contributed by atoms with Crippen molar-refractivity contribution in [2.45, 2.75) is 33.7 Å². The fraction of sp³-hybridized carbons (Fsp3) is 0.348. The third-order valence-corrected chi connectivity index (χ3v) is 5.34. The largest absolute Gasteiger partial charge is 0.494 e. The van der Waals surface area contributed by atoms with Crippen molar-refractivity contribution in [2.75, 3.05) is 19.7 Å². The van der Waals surface area contributed by atoms with E-state index in [9.17, 15) is 0 Å². The molecule has 0 amide bonds. The van der Waals surface area contributed by atoms with Gasteiger partial charge in [0.15, 0.2) is 6.21 Å². The predicted octanol–water partition coefficient (Wildman–Crippen LogP) is 4.40. The molecule has 3 nitrogen and oxygen atoms in total. The van der Waals surface area contributed by atoms with Crippen LogP contribution < -0.4 is 4.74 Å². The quantitative estimate of drug-likeness (QED) is 0.625. The van der Waals surface area contributed by atoms with Crippen LogP contribution in [0.4, 0.5) is 0 Å². The van der Waals surface area contributed by atoms with Gasteiger partial charge in [0.25, 0.3) is 0 Å². The fourth-order valence-corrected chi connectivity index (χ4v) is 4.09. The average Bonchev–Trinajstić information content (AvgIpc) is 2.96. The lowest BCUT2D eigenvalue weighted by Gasteiger charge is -2.12. The second kappa shape index (κ2) is 6.99. The van der Waals surface area contributed by atoms with Crippen molar-refractivity contribution in [3.63, 3.8) is 0 Å². The molecule has 134 valence electrons. The summed E-state index contributed by atoms with van der Waals surface area (Å²) < 4.78 is 10.7. The Balaban J connectivity index is 1.96. The summed E-state index contributed by atoms with van der Waals surface area (Å²) >= 11 is 0. The van der Waals surface area contributed by atoms with E-state index in [2.05, 4.69) is 71.7 Å². The maximum absolute atomic E-state index is 5.84. The minimum Gasteiger partial charge on any atom is -0.494 e. The van der Waals surface area contributed by atoms with E-state index in [4.69, 9.17) is 4.74 Å². The number of hydrogen-bond acceptors (Lipinski definition) is 1. The first-order valence-electron chi connectivity index (χ1n) is 9.62. The van der Waals surface area contributed by atoms with E-state index in [0.717, 1.165) is 31.8 Å². The van der Waals surface area contributed by atoms with Gasteiger partial charge in [0.05, 0.1) is 12.1 Å². The van der Waals surface area contributed by atoms with Crippen molar-refractivity contribution in [3.05, 3.63) is 64.8 Å². The summed E-state index contributed by atoms with van der Waals surface area (Å²) in [6, 6.07) is 15.1. The monoisotopic (exact) mass is 347 g/mol. The Labute approximate surface area is 155 Å². The Morgan fingerprint density at radius 3 is 2.65 bits per heavy atom. The Bertz CT molecular complexity index is 967. The molecular formula is C23H27N2O+. The zero-order chi connectivity index (χ0) is 18.1. The van der Waals surface area contributed by atoms with Crippen LogP contribution in [0.3, 0.4) is 0 Å². The highest BCUT2D eigenvalue weighted by atomic mass is 16.5. The van der Waals surface area contributed by atoms with Gasteiger partial charge >= 0.3 is 0 Å². The first kappa shape index (κ1) is 16.9. The normalized spacial score (nSPS) is 13.6. The van der Waals surface area contributed by atoms with Gasteiger partial charge in [0.1, 0.15) is 24.5 Å². The zero-order valence-corrected chi connectivity index (χ0v) is 16.0. The molecule has 0 bridgehead atoms. The highest BCUT2D eigenvalue weighted by Gasteiger charge is 2.25. The Kier molecular flexibility index (Phi) is 4.54. The highest BCUT2D eigenvalue weighted by molar-refractivity contribution is 5.96. The van der Waals surface area contributed by atoms with Gasteiger partial charge in [-0.15, -0.1) is 0 Å². The van der Waals surface area contributed by atoms with Crippen LogP contribution in [0.2, 0.25) is 0 Å². The smallest absolute Gasteiger partial charge is 0.187 e. The summed E-state index contributed by atoms with van der Waals surface area (Å²) in [7, 11) is 0. The second-order valence-corrected chi connectivity index (χ2v) is 7.01. The van der Waals surface area contributed by atoms with Gasteiger partial charge in [0, 0.05) is 24.4 Å². The number of nitrogens with zero attached hydrogens (tertiary/aromatic N) is 2. The van der Waals surface area contributed by atoms with Crippen molar-refractivity contribution in [1.29, 1.82) is 0 Å². The lowest BCUT2D eigenvalue weighted by molar-refractivity contribution is -0.520. The molecule has 3 heteroatoms. The van der Waals surface area contributed by atoms with Crippen LogP contribution in [-0.2, 0) is 13.0 Å². The number of fused-ring (bicyclic) bond motifs is 3. The molecule has 0 fully saturated rings. The topological polar surface area (TPSA) is 17.2 Å². The van der Waals surface area contributed by atoms with Gasteiger partial charge in [0.2, 0.25) is 0 Å². The van der Waals surface area contributed by atoms with Crippen molar-refractivity contribution >= 4 is 17.1 Å². The van der Waals surface area contributed by atoms with Crippen LogP contribution in [0.5, 0.6) is 5.75 Å². The maximum atomic E-state index is 5.84. The molecule has 1 aliphatic heterocycles. The van der Waals surface area contributed by atoms with Crippen LogP contribution in [-0.4, -0.2) is 35.1 Å². The summed E-state index contributed by atoms with van der Waals surface area (Å²) in [6.45, 7) is 10.2. The fourth-order valence-electron chi connectivity index (χ4n) is 4.09. The molecule has 1 aromatic heterocycles. The number of aryl methyl sites for hydroxylation is 1. The molecule has 26 heavy (non-hydrogen) atoms. The molecule has 0 aliphatic carbocycles. The van der Waals surface area contributed by atoms with E-state index in [0.29, 0.717) is 6.61 Å². The summed E-state index contributed by atoms with van der Waals surface area (Å²) in [5, 5.41) is 1.41. The number of ether oxygens (including phenoxy) is 1. The molecule has 0 N–H and O–H groups in total. The van der Waals surface area contributed by atoms with Crippen molar-refractivity contribution in [1.82, 2.24) is 4.57 Å². The van der Waals surface area contributed by atoms with Crippen LogP contribution in [0.15, 0.2) is 42.5 Å². The Morgan fingerprint density at radius 2 is 1.92 bits per heavy atom. The van der Waals surface area contributed by atoms with Gasteiger partial charge in [-0.1, -0.05) is 30.3 Å². The first-order valence-corrected chi connectivity index (χ1v) is 9.62. The maximum Gasteiger partial charge on any atom is 0.187 e. The number of rotatable bonds is 5. The molecule has 0 spiro atoms. The first-order chi connectivity index (χ1) is 12.7. The van der Waals surface area contributed by atoms with E-state index in [1.165, 1.54) is 33.3 Å². The summed E-state index contributed by atoms with van der Waals surface area (Å²) in [6.07, 6.45) is 3.45. The molecule has 0 saturated carbocycles. The summed E-state index contributed by atoms with van der Waals surface area (Å²) in [5.74, 6) is 0.967. The predicted molar refractivity (Wildman–Crippen MR) is 108 cm³/mol. The lowest BCUT2D eigenvalue weighted by atomic mass is 10.0. The van der Waals surface area contributed by atoms with Gasteiger partial charge in [-0.25, -0.2) is 4.58 Å². The average molecular weight is 347 g/mol. The minimum absolute atomic E-state index is 0.694. The number of aromatic nitrogens is 1. The molecular weight excluding hydrogens is 320 g/mol. The van der Waals surface area contributed by atoms with E-state index in [-0.39, 0.29) is 0 Å². The van der Waals surface area contributed by atoms with Gasteiger partial charge in [-0.05, 0) is 43.5 Å². The minimum atomic E-state index is 0.694. The lowest BCUT2D eigenvalue weighted by Crippen LogP contribution is -2.23. The molecule has 3 aromatic rings. The molecule has 0 saturated heterocycles.